The van der Waals surface area contributed by atoms with Crippen LogP contribution in [0, 0.1) is 11.8 Å². The number of aromatic nitrogens is 3. The molecule has 5 rings (SSSR count). The summed E-state index contributed by atoms with van der Waals surface area (Å²) >= 11 is 0. The molecule has 2 amide bonds. The number of hydrogen-bond acceptors (Lipinski definition) is 6. The minimum Gasteiger partial charge on any atom is -0.491 e. The predicted octanol–water partition coefficient (Wildman–Crippen LogP) is 2.33. The molecule has 0 saturated carbocycles. The van der Waals surface area contributed by atoms with Crippen LogP contribution >= 0.6 is 0 Å². The van der Waals surface area contributed by atoms with Crippen LogP contribution in [0.3, 0.4) is 0 Å². The number of nitrogens with zero attached hydrogens (tertiary/aromatic N) is 4. The Morgan fingerprint density at radius 1 is 1.00 bits per heavy atom. The zero-order chi connectivity index (χ0) is 21.4. The molecule has 0 spiro atoms. The third-order valence-corrected chi connectivity index (χ3v) is 5.85. The number of amides is 2. The van der Waals surface area contributed by atoms with Gasteiger partial charge in [-0.25, -0.2) is 4.68 Å². The van der Waals surface area contributed by atoms with Crippen molar-refractivity contribution < 1.29 is 19.4 Å². The van der Waals surface area contributed by atoms with E-state index in [-0.39, 0.29) is 36.8 Å². The molecule has 158 valence electrons. The van der Waals surface area contributed by atoms with Gasteiger partial charge in [-0.05, 0) is 49.2 Å². The summed E-state index contributed by atoms with van der Waals surface area (Å²) in [6.07, 6.45) is 4.40. The summed E-state index contributed by atoms with van der Waals surface area (Å²) < 4.78 is 7.33. The number of imide groups is 1. The number of ether oxygens (including phenoxy) is 1. The molecule has 8 heteroatoms. The van der Waals surface area contributed by atoms with Gasteiger partial charge in [0, 0.05) is 0 Å². The number of fused-ring (bicyclic) bond motifs is 2. The van der Waals surface area contributed by atoms with E-state index in [1.54, 1.807) is 28.9 Å². The van der Waals surface area contributed by atoms with Gasteiger partial charge >= 0.3 is 0 Å². The van der Waals surface area contributed by atoms with E-state index in [0.717, 1.165) is 11.0 Å². The van der Waals surface area contributed by atoms with Crippen molar-refractivity contribution in [3.8, 4) is 5.75 Å². The van der Waals surface area contributed by atoms with Gasteiger partial charge in [0.25, 0.3) is 0 Å². The number of allylic oxidation sites excluding steroid dienone is 2. The van der Waals surface area contributed by atoms with Gasteiger partial charge in [-0.15, -0.1) is 5.10 Å². The van der Waals surface area contributed by atoms with Gasteiger partial charge < -0.3 is 9.84 Å². The maximum absolute atomic E-state index is 12.7. The van der Waals surface area contributed by atoms with Crippen molar-refractivity contribution in [2.24, 2.45) is 11.8 Å². The average molecular weight is 418 g/mol. The second kappa shape index (κ2) is 7.96. The number of rotatable bonds is 6. The third kappa shape index (κ3) is 3.59. The molecule has 3 atom stereocenters. The molecule has 0 radical (unpaired) electrons. The van der Waals surface area contributed by atoms with Crippen molar-refractivity contribution in [1.29, 1.82) is 0 Å². The molecular formula is C23H22N4O4. The van der Waals surface area contributed by atoms with Crippen LogP contribution in [-0.2, 0) is 16.1 Å². The predicted molar refractivity (Wildman–Crippen MR) is 113 cm³/mol. The van der Waals surface area contributed by atoms with Gasteiger partial charge in [-0.1, -0.05) is 29.5 Å². The van der Waals surface area contributed by atoms with E-state index in [1.807, 2.05) is 36.4 Å². The highest BCUT2D eigenvalue weighted by Gasteiger charge is 2.47. The minimum absolute atomic E-state index is 0.0743. The zero-order valence-electron chi connectivity index (χ0n) is 16.8. The second-order valence-electron chi connectivity index (χ2n) is 7.89. The quantitative estimate of drug-likeness (QED) is 0.487. The molecule has 31 heavy (non-hydrogen) atoms. The number of anilines is 1. The zero-order valence-corrected chi connectivity index (χ0v) is 16.8. The molecule has 2 aromatic carbocycles. The van der Waals surface area contributed by atoms with E-state index in [2.05, 4.69) is 10.3 Å². The Morgan fingerprint density at radius 3 is 2.39 bits per heavy atom. The molecule has 1 aliphatic carbocycles. The van der Waals surface area contributed by atoms with Gasteiger partial charge in [-0.2, -0.15) is 0 Å². The van der Waals surface area contributed by atoms with Crippen molar-refractivity contribution in [2.45, 2.75) is 25.5 Å². The number of aliphatic hydroxyl groups is 1. The SMILES string of the molecule is O=C1[C@@H]2CC=CC[C@H]2C(=O)N1c1ccc(OC[C@@H](O)Cn2nnc3ccccc32)cc1. The van der Waals surface area contributed by atoms with Crippen LogP contribution in [-0.4, -0.2) is 44.6 Å². The van der Waals surface area contributed by atoms with Gasteiger partial charge in [0.2, 0.25) is 11.8 Å². The highest BCUT2D eigenvalue weighted by molar-refractivity contribution is 6.22. The van der Waals surface area contributed by atoms with Crippen LogP contribution in [0.5, 0.6) is 5.75 Å². The van der Waals surface area contributed by atoms with Gasteiger partial charge in [-0.3, -0.25) is 14.5 Å². The first-order valence-electron chi connectivity index (χ1n) is 10.3. The fraction of sp³-hybridized carbons (Fsp3) is 0.304. The number of para-hydroxylation sites is 1. The summed E-state index contributed by atoms with van der Waals surface area (Å²) in [7, 11) is 0. The Labute approximate surface area is 178 Å². The number of carbonyl (C=O) groups excluding carboxylic acids is 2. The minimum atomic E-state index is -0.776. The summed E-state index contributed by atoms with van der Waals surface area (Å²) in [6.45, 7) is 0.330. The van der Waals surface area contributed by atoms with Crippen LogP contribution in [0.2, 0.25) is 0 Å². The molecule has 1 fully saturated rings. The molecule has 0 unspecified atom stereocenters. The molecule has 1 aromatic heterocycles. The lowest BCUT2D eigenvalue weighted by Gasteiger charge is -2.16. The van der Waals surface area contributed by atoms with Crippen molar-refractivity contribution in [1.82, 2.24) is 15.0 Å². The van der Waals surface area contributed by atoms with Crippen LogP contribution in [0.15, 0.2) is 60.7 Å². The number of hydrogen-bond donors (Lipinski definition) is 1. The fourth-order valence-electron chi connectivity index (χ4n) is 4.24. The highest BCUT2D eigenvalue weighted by Crippen LogP contribution is 2.37. The number of carbonyl (C=O) groups is 2. The normalized spacial score (nSPS) is 21.5. The summed E-state index contributed by atoms with van der Waals surface area (Å²) in [5.74, 6) is -0.232. The Kier molecular flexibility index (Phi) is 4.99. The molecule has 2 heterocycles. The molecule has 3 aromatic rings. The maximum atomic E-state index is 12.7. The topological polar surface area (TPSA) is 97.6 Å². The Morgan fingerprint density at radius 2 is 1.68 bits per heavy atom. The van der Waals surface area contributed by atoms with E-state index in [0.29, 0.717) is 24.3 Å². The Hall–Kier alpha value is -3.52. The lowest BCUT2D eigenvalue weighted by molar-refractivity contribution is -0.122. The maximum Gasteiger partial charge on any atom is 0.238 e. The first-order valence-corrected chi connectivity index (χ1v) is 10.3. The first-order chi connectivity index (χ1) is 15.1. The number of benzene rings is 2. The average Bonchev–Trinajstić information content (AvgIpc) is 3.32. The van der Waals surface area contributed by atoms with Crippen molar-refractivity contribution in [3.63, 3.8) is 0 Å². The standard InChI is InChI=1S/C23H22N4O4/c28-16(13-26-21-8-4-3-7-20(21)24-25-26)14-31-17-11-9-15(10-12-17)27-22(29)18-5-1-2-6-19(18)23(27)30/h1-4,7-12,16,18-19,28H,5-6,13-14H2/t16-,18+,19+/m0/s1. The Balaban J connectivity index is 1.21. The summed E-state index contributed by atoms with van der Waals surface area (Å²) in [5, 5.41) is 18.5. The molecule has 1 saturated heterocycles. The molecular weight excluding hydrogens is 396 g/mol. The summed E-state index contributed by atoms with van der Waals surface area (Å²) in [5.41, 5.74) is 2.17. The Bertz CT molecular complexity index is 1130. The van der Waals surface area contributed by atoms with Crippen LogP contribution in [0.25, 0.3) is 11.0 Å². The smallest absolute Gasteiger partial charge is 0.238 e. The van der Waals surface area contributed by atoms with Crippen molar-refractivity contribution in [2.75, 3.05) is 11.5 Å². The van der Waals surface area contributed by atoms with Crippen molar-refractivity contribution in [3.05, 3.63) is 60.7 Å². The van der Waals surface area contributed by atoms with Gasteiger partial charge in [0.05, 0.1) is 29.6 Å². The molecule has 1 aliphatic heterocycles. The third-order valence-electron chi connectivity index (χ3n) is 5.85. The largest absolute Gasteiger partial charge is 0.491 e. The van der Waals surface area contributed by atoms with Gasteiger partial charge in [0.15, 0.2) is 0 Å². The van der Waals surface area contributed by atoms with E-state index in [4.69, 9.17) is 4.74 Å². The first kappa shape index (κ1) is 19.4. The summed E-state index contributed by atoms with van der Waals surface area (Å²) in [6, 6.07) is 14.4. The van der Waals surface area contributed by atoms with E-state index in [9.17, 15) is 14.7 Å². The lowest BCUT2D eigenvalue weighted by atomic mass is 9.85. The molecule has 0 bridgehead atoms. The molecule has 8 nitrogen and oxygen atoms in total. The second-order valence-corrected chi connectivity index (χ2v) is 7.89. The van der Waals surface area contributed by atoms with E-state index in [1.165, 1.54) is 4.90 Å². The highest BCUT2D eigenvalue weighted by atomic mass is 16.5. The lowest BCUT2D eigenvalue weighted by Crippen LogP contribution is -2.30. The van der Waals surface area contributed by atoms with E-state index >= 15 is 0 Å². The summed E-state index contributed by atoms with van der Waals surface area (Å²) in [4.78, 5) is 26.7. The monoisotopic (exact) mass is 418 g/mol. The van der Waals surface area contributed by atoms with Crippen LogP contribution < -0.4 is 9.64 Å². The molecule has 1 N–H and O–H groups in total. The van der Waals surface area contributed by atoms with Crippen molar-refractivity contribution >= 4 is 28.5 Å². The number of aliphatic hydroxyl groups excluding tert-OH is 1. The molecule has 2 aliphatic rings. The fourth-order valence-corrected chi connectivity index (χ4v) is 4.24. The van der Waals surface area contributed by atoms with Gasteiger partial charge in [0.1, 0.15) is 24.0 Å². The van der Waals surface area contributed by atoms with Crippen LogP contribution in [0.4, 0.5) is 5.69 Å². The van der Waals surface area contributed by atoms with Crippen LogP contribution in [0.1, 0.15) is 12.8 Å². The van der Waals surface area contributed by atoms with E-state index < -0.39 is 6.10 Å².